The SMILES string of the molecule is CC(=O)c1ccc(NC(=S)/N=C(/Nc2nc(C)cc(C)n2)N2CCN(C(c3ccccc3)c3ccccc3)CC2)cc1. The van der Waals surface area contributed by atoms with Gasteiger partial charge in [0.05, 0.1) is 6.04 Å². The predicted molar refractivity (Wildman–Crippen MR) is 173 cm³/mol. The zero-order valence-electron chi connectivity index (χ0n) is 24.1. The van der Waals surface area contributed by atoms with Gasteiger partial charge in [-0.25, -0.2) is 9.97 Å². The molecule has 1 fully saturated rings. The molecule has 3 aromatic carbocycles. The van der Waals surface area contributed by atoms with Crippen molar-refractivity contribution < 1.29 is 4.79 Å². The second kappa shape index (κ2) is 13.5. The first-order valence-electron chi connectivity index (χ1n) is 14.0. The number of hydrogen-bond acceptors (Lipinski definition) is 5. The molecule has 1 saturated heterocycles. The van der Waals surface area contributed by atoms with Gasteiger partial charge in [-0.3, -0.25) is 15.0 Å². The summed E-state index contributed by atoms with van der Waals surface area (Å²) in [4.78, 5) is 30.3. The van der Waals surface area contributed by atoms with Gasteiger partial charge < -0.3 is 10.2 Å². The van der Waals surface area contributed by atoms with Gasteiger partial charge in [0.1, 0.15) is 0 Å². The van der Waals surface area contributed by atoms with E-state index in [1.54, 1.807) is 19.1 Å². The van der Waals surface area contributed by atoms with E-state index < -0.39 is 0 Å². The van der Waals surface area contributed by atoms with Crippen LogP contribution in [0.5, 0.6) is 0 Å². The van der Waals surface area contributed by atoms with Crippen molar-refractivity contribution in [1.29, 1.82) is 0 Å². The van der Waals surface area contributed by atoms with Crippen LogP contribution < -0.4 is 10.6 Å². The van der Waals surface area contributed by atoms with Gasteiger partial charge in [0.15, 0.2) is 5.78 Å². The van der Waals surface area contributed by atoms with E-state index in [9.17, 15) is 4.79 Å². The topological polar surface area (TPSA) is 85.7 Å². The number of Topliss-reactive ketones (excluding diaryl/α,β-unsaturated/α-hetero) is 1. The molecule has 1 aliphatic rings. The molecule has 5 rings (SSSR count). The Kier molecular flexibility index (Phi) is 9.31. The highest BCUT2D eigenvalue weighted by atomic mass is 32.1. The van der Waals surface area contributed by atoms with Gasteiger partial charge in [-0.05, 0) is 74.4 Å². The number of hydrogen-bond donors (Lipinski definition) is 2. The van der Waals surface area contributed by atoms with Crippen LogP contribution in [0.3, 0.4) is 0 Å². The predicted octanol–water partition coefficient (Wildman–Crippen LogP) is 5.87. The molecule has 8 nitrogen and oxygen atoms in total. The molecule has 0 bridgehead atoms. The van der Waals surface area contributed by atoms with Crippen LogP contribution in [-0.2, 0) is 0 Å². The summed E-state index contributed by atoms with van der Waals surface area (Å²) >= 11 is 5.64. The standard InChI is InChI=1S/C33H35N7OS/c1-23-22-24(2)35-31(34-23)37-32(38-33(42)36-29-16-14-26(15-17-29)25(3)41)40-20-18-39(19-21-40)30(27-10-6-4-7-11-27)28-12-8-5-9-13-28/h4-17,22,30H,18-21H2,1-3H3,(H2,34,35,36,37,38,42). The fourth-order valence-corrected chi connectivity index (χ4v) is 5.38. The Morgan fingerprint density at radius 1 is 0.810 bits per heavy atom. The van der Waals surface area contributed by atoms with E-state index in [-0.39, 0.29) is 11.8 Å². The van der Waals surface area contributed by atoms with Gasteiger partial charge in [-0.2, -0.15) is 4.99 Å². The summed E-state index contributed by atoms with van der Waals surface area (Å²) in [6.45, 7) is 8.57. The summed E-state index contributed by atoms with van der Waals surface area (Å²) < 4.78 is 0. The van der Waals surface area contributed by atoms with Crippen LogP contribution in [0.4, 0.5) is 11.6 Å². The minimum Gasteiger partial charge on any atom is -0.340 e. The molecule has 2 heterocycles. The number of guanidine groups is 1. The number of aromatic nitrogens is 2. The zero-order chi connectivity index (χ0) is 29.5. The number of aliphatic imine (C=N–C) groups is 1. The molecular weight excluding hydrogens is 542 g/mol. The van der Waals surface area contributed by atoms with Crippen LogP contribution in [-0.4, -0.2) is 62.8 Å². The molecule has 9 heteroatoms. The highest BCUT2D eigenvalue weighted by Crippen LogP contribution is 2.29. The molecule has 0 aliphatic carbocycles. The Balaban J connectivity index is 1.37. The lowest BCUT2D eigenvalue weighted by molar-refractivity contribution is 0.101. The molecule has 0 saturated carbocycles. The molecular formula is C33H35N7OS. The van der Waals surface area contributed by atoms with Crippen molar-refractivity contribution in [2.24, 2.45) is 4.99 Å². The molecule has 0 atom stereocenters. The smallest absolute Gasteiger partial charge is 0.229 e. The second-order valence-corrected chi connectivity index (χ2v) is 10.7. The summed E-state index contributed by atoms with van der Waals surface area (Å²) in [5.74, 6) is 1.09. The van der Waals surface area contributed by atoms with E-state index in [2.05, 4.69) is 91.1 Å². The zero-order valence-corrected chi connectivity index (χ0v) is 24.9. The number of ketones is 1. The molecule has 0 spiro atoms. The molecule has 4 aromatic rings. The van der Waals surface area contributed by atoms with E-state index in [4.69, 9.17) is 17.2 Å². The number of nitrogens with zero attached hydrogens (tertiary/aromatic N) is 5. The van der Waals surface area contributed by atoms with Gasteiger partial charge in [0.25, 0.3) is 0 Å². The fourth-order valence-electron chi connectivity index (χ4n) is 5.17. The minimum atomic E-state index is 0.0167. The first kappa shape index (κ1) is 29.0. The average molecular weight is 578 g/mol. The number of nitrogens with one attached hydrogen (secondary N) is 2. The average Bonchev–Trinajstić information content (AvgIpc) is 2.98. The van der Waals surface area contributed by atoms with Gasteiger partial charge in [-0.1, -0.05) is 60.7 Å². The Morgan fingerprint density at radius 2 is 1.36 bits per heavy atom. The molecule has 0 radical (unpaired) electrons. The Hall–Kier alpha value is -4.47. The quantitative estimate of drug-likeness (QED) is 0.127. The van der Waals surface area contributed by atoms with Crippen molar-refractivity contribution in [1.82, 2.24) is 19.8 Å². The molecule has 214 valence electrons. The molecule has 42 heavy (non-hydrogen) atoms. The van der Waals surface area contributed by atoms with Crippen LogP contribution in [0.15, 0.2) is 96.0 Å². The largest absolute Gasteiger partial charge is 0.340 e. The van der Waals surface area contributed by atoms with E-state index in [0.717, 1.165) is 43.3 Å². The number of rotatable bonds is 6. The van der Waals surface area contributed by atoms with Crippen molar-refractivity contribution in [3.8, 4) is 0 Å². The van der Waals surface area contributed by atoms with Gasteiger partial charge in [-0.15, -0.1) is 0 Å². The number of anilines is 2. The molecule has 1 aromatic heterocycles. The highest BCUT2D eigenvalue weighted by Gasteiger charge is 2.28. The lowest BCUT2D eigenvalue weighted by Crippen LogP contribution is -2.52. The van der Waals surface area contributed by atoms with Crippen molar-refractivity contribution in [2.75, 3.05) is 36.8 Å². The first-order valence-corrected chi connectivity index (χ1v) is 14.5. The van der Waals surface area contributed by atoms with Crippen molar-refractivity contribution >= 4 is 40.7 Å². The minimum absolute atomic E-state index is 0.0167. The van der Waals surface area contributed by atoms with E-state index >= 15 is 0 Å². The number of benzene rings is 3. The van der Waals surface area contributed by atoms with Crippen LogP contribution >= 0.6 is 12.2 Å². The van der Waals surface area contributed by atoms with Gasteiger partial charge in [0, 0.05) is 48.8 Å². The van der Waals surface area contributed by atoms with E-state index in [0.29, 0.717) is 22.6 Å². The third kappa shape index (κ3) is 7.43. The summed E-state index contributed by atoms with van der Waals surface area (Å²) in [5, 5.41) is 6.81. The van der Waals surface area contributed by atoms with Crippen molar-refractivity contribution in [2.45, 2.75) is 26.8 Å². The summed E-state index contributed by atoms with van der Waals surface area (Å²) in [7, 11) is 0. The summed E-state index contributed by atoms with van der Waals surface area (Å²) in [6.07, 6.45) is 0. The highest BCUT2D eigenvalue weighted by molar-refractivity contribution is 7.80. The maximum absolute atomic E-state index is 11.7. The van der Waals surface area contributed by atoms with Crippen LogP contribution in [0, 0.1) is 13.8 Å². The van der Waals surface area contributed by atoms with Gasteiger partial charge in [0.2, 0.25) is 17.0 Å². The van der Waals surface area contributed by atoms with Crippen molar-refractivity contribution in [3.05, 3.63) is 119 Å². The Morgan fingerprint density at radius 3 is 1.88 bits per heavy atom. The molecule has 2 N–H and O–H groups in total. The second-order valence-electron chi connectivity index (χ2n) is 10.3. The Labute approximate surface area is 252 Å². The number of carbonyl (C=O) groups is 1. The number of piperazine rings is 1. The lowest BCUT2D eigenvalue weighted by atomic mass is 9.96. The van der Waals surface area contributed by atoms with E-state index in [1.165, 1.54) is 11.1 Å². The first-order chi connectivity index (χ1) is 20.4. The molecule has 0 amide bonds. The lowest BCUT2D eigenvalue weighted by Gasteiger charge is -2.40. The third-order valence-corrected chi connectivity index (χ3v) is 7.36. The number of carbonyl (C=O) groups excluding carboxylic acids is 1. The van der Waals surface area contributed by atoms with Crippen LogP contribution in [0.1, 0.15) is 45.8 Å². The summed E-state index contributed by atoms with van der Waals surface area (Å²) in [5.41, 5.74) is 5.69. The maximum atomic E-state index is 11.7. The fraction of sp³-hybridized carbons (Fsp3) is 0.242. The van der Waals surface area contributed by atoms with Crippen LogP contribution in [0.2, 0.25) is 0 Å². The monoisotopic (exact) mass is 577 g/mol. The van der Waals surface area contributed by atoms with Gasteiger partial charge >= 0.3 is 0 Å². The van der Waals surface area contributed by atoms with Crippen LogP contribution in [0.25, 0.3) is 0 Å². The van der Waals surface area contributed by atoms with Crippen molar-refractivity contribution in [3.63, 3.8) is 0 Å². The number of thiocarbonyl (C=S) groups is 1. The van der Waals surface area contributed by atoms with E-state index in [1.807, 2.05) is 32.0 Å². The summed E-state index contributed by atoms with van der Waals surface area (Å²) in [6, 6.07) is 30.6. The Bertz CT molecular complexity index is 1490. The molecule has 1 aliphatic heterocycles. The third-order valence-electron chi connectivity index (χ3n) is 7.17. The normalized spacial score (nSPS) is 14.1. The number of aryl methyl sites for hydroxylation is 2. The molecule has 0 unspecified atom stereocenters. The maximum Gasteiger partial charge on any atom is 0.229 e.